The third-order valence-corrected chi connectivity index (χ3v) is 4.41. The molecule has 1 saturated heterocycles. The SMILES string of the molecule is COc1ccc(CCCN)cc1OC1CCSCC1. The van der Waals surface area contributed by atoms with Gasteiger partial charge in [0.05, 0.1) is 7.11 Å². The number of hydrogen-bond donors (Lipinski definition) is 1. The van der Waals surface area contributed by atoms with Crippen molar-refractivity contribution < 1.29 is 9.47 Å². The summed E-state index contributed by atoms with van der Waals surface area (Å²) in [6.07, 6.45) is 4.59. The van der Waals surface area contributed by atoms with Crippen molar-refractivity contribution in [3.05, 3.63) is 23.8 Å². The summed E-state index contributed by atoms with van der Waals surface area (Å²) in [6, 6.07) is 6.20. The summed E-state index contributed by atoms with van der Waals surface area (Å²) in [4.78, 5) is 0. The molecule has 0 aliphatic carbocycles. The van der Waals surface area contributed by atoms with Crippen molar-refractivity contribution >= 4 is 11.8 Å². The van der Waals surface area contributed by atoms with Crippen molar-refractivity contribution in [1.82, 2.24) is 0 Å². The van der Waals surface area contributed by atoms with Crippen LogP contribution < -0.4 is 15.2 Å². The van der Waals surface area contributed by atoms with Gasteiger partial charge in [0, 0.05) is 0 Å². The molecule has 0 saturated carbocycles. The average molecular weight is 281 g/mol. The van der Waals surface area contributed by atoms with Crippen molar-refractivity contribution in [3.63, 3.8) is 0 Å². The predicted molar refractivity (Wildman–Crippen MR) is 81.3 cm³/mol. The minimum absolute atomic E-state index is 0.333. The lowest BCUT2D eigenvalue weighted by Crippen LogP contribution is -2.22. The molecule has 0 aromatic heterocycles. The molecule has 4 heteroatoms. The van der Waals surface area contributed by atoms with Gasteiger partial charge in [0.1, 0.15) is 6.10 Å². The van der Waals surface area contributed by atoms with Crippen LogP contribution in [0.5, 0.6) is 11.5 Å². The van der Waals surface area contributed by atoms with E-state index in [9.17, 15) is 0 Å². The van der Waals surface area contributed by atoms with Gasteiger partial charge < -0.3 is 15.2 Å². The molecule has 0 radical (unpaired) electrons. The van der Waals surface area contributed by atoms with Crippen LogP contribution in [0.3, 0.4) is 0 Å². The Morgan fingerprint density at radius 3 is 2.74 bits per heavy atom. The molecule has 0 amide bonds. The van der Waals surface area contributed by atoms with Crippen LogP contribution >= 0.6 is 11.8 Å². The highest BCUT2D eigenvalue weighted by Gasteiger charge is 2.17. The number of rotatable bonds is 6. The molecule has 0 spiro atoms. The first-order chi connectivity index (χ1) is 9.33. The first-order valence-corrected chi connectivity index (χ1v) is 8.10. The molecular weight excluding hydrogens is 258 g/mol. The van der Waals surface area contributed by atoms with Crippen LogP contribution in [-0.4, -0.2) is 31.3 Å². The minimum Gasteiger partial charge on any atom is -0.493 e. The lowest BCUT2D eigenvalue weighted by molar-refractivity contribution is 0.184. The number of hydrogen-bond acceptors (Lipinski definition) is 4. The highest BCUT2D eigenvalue weighted by atomic mass is 32.2. The van der Waals surface area contributed by atoms with Crippen LogP contribution in [0.2, 0.25) is 0 Å². The molecular formula is C15H23NO2S. The maximum Gasteiger partial charge on any atom is 0.161 e. The van der Waals surface area contributed by atoms with E-state index in [1.165, 1.54) is 17.1 Å². The van der Waals surface area contributed by atoms with E-state index in [-0.39, 0.29) is 0 Å². The number of ether oxygens (including phenoxy) is 2. The fourth-order valence-corrected chi connectivity index (χ4v) is 3.31. The molecule has 106 valence electrons. The smallest absolute Gasteiger partial charge is 0.161 e. The van der Waals surface area contributed by atoms with Crippen LogP contribution in [0, 0.1) is 0 Å². The fourth-order valence-electron chi connectivity index (χ4n) is 2.25. The van der Waals surface area contributed by atoms with E-state index in [1.807, 2.05) is 17.8 Å². The normalized spacial score (nSPS) is 16.3. The van der Waals surface area contributed by atoms with Crippen molar-refractivity contribution in [3.8, 4) is 11.5 Å². The zero-order chi connectivity index (χ0) is 13.5. The molecule has 2 rings (SSSR count). The van der Waals surface area contributed by atoms with Crippen LogP contribution in [0.4, 0.5) is 0 Å². The molecule has 19 heavy (non-hydrogen) atoms. The second-order valence-electron chi connectivity index (χ2n) is 4.81. The van der Waals surface area contributed by atoms with E-state index >= 15 is 0 Å². The molecule has 1 aliphatic heterocycles. The van der Waals surface area contributed by atoms with E-state index in [1.54, 1.807) is 7.11 Å². The van der Waals surface area contributed by atoms with Crippen molar-refractivity contribution in [2.24, 2.45) is 5.73 Å². The number of nitrogens with two attached hydrogens (primary N) is 1. The average Bonchev–Trinajstić information content (AvgIpc) is 2.46. The third-order valence-electron chi connectivity index (χ3n) is 3.36. The van der Waals surface area contributed by atoms with Gasteiger partial charge in [-0.3, -0.25) is 0 Å². The van der Waals surface area contributed by atoms with Gasteiger partial charge in [0.15, 0.2) is 11.5 Å². The van der Waals surface area contributed by atoms with E-state index in [2.05, 4.69) is 12.1 Å². The van der Waals surface area contributed by atoms with Gasteiger partial charge >= 0.3 is 0 Å². The molecule has 0 unspecified atom stereocenters. The molecule has 1 aromatic carbocycles. The number of aryl methyl sites for hydroxylation is 1. The first kappa shape index (κ1) is 14.5. The Hall–Kier alpha value is -0.870. The number of thioether (sulfide) groups is 1. The van der Waals surface area contributed by atoms with E-state index in [4.69, 9.17) is 15.2 Å². The molecule has 1 aliphatic rings. The molecule has 1 fully saturated rings. The highest BCUT2D eigenvalue weighted by molar-refractivity contribution is 7.99. The Morgan fingerprint density at radius 1 is 1.26 bits per heavy atom. The zero-order valence-corrected chi connectivity index (χ0v) is 12.4. The monoisotopic (exact) mass is 281 g/mol. The lowest BCUT2D eigenvalue weighted by atomic mass is 10.1. The maximum absolute atomic E-state index is 6.13. The largest absolute Gasteiger partial charge is 0.493 e. The van der Waals surface area contributed by atoms with Crippen LogP contribution in [-0.2, 0) is 6.42 Å². The van der Waals surface area contributed by atoms with Gasteiger partial charge in [-0.2, -0.15) is 11.8 Å². The minimum atomic E-state index is 0.333. The standard InChI is InChI=1S/C15H23NO2S/c1-17-14-5-4-12(3-2-8-16)11-15(14)18-13-6-9-19-10-7-13/h4-5,11,13H,2-3,6-10,16H2,1H3. The third kappa shape index (κ3) is 4.32. The Kier molecular flexibility index (Phi) is 5.86. The Balaban J connectivity index is 2.06. The summed E-state index contributed by atoms with van der Waals surface area (Å²) < 4.78 is 11.5. The Labute approximate surface area is 119 Å². The summed E-state index contributed by atoms with van der Waals surface area (Å²) in [5, 5.41) is 0. The molecule has 1 aromatic rings. The summed E-state index contributed by atoms with van der Waals surface area (Å²) in [7, 11) is 1.69. The van der Waals surface area contributed by atoms with Gasteiger partial charge in [-0.15, -0.1) is 0 Å². The van der Waals surface area contributed by atoms with Crippen LogP contribution in [0.1, 0.15) is 24.8 Å². The predicted octanol–water partition coefficient (Wildman–Crippen LogP) is 2.86. The maximum atomic E-state index is 6.13. The molecule has 1 heterocycles. The van der Waals surface area contributed by atoms with Gasteiger partial charge in [-0.05, 0) is 61.4 Å². The molecule has 2 N–H and O–H groups in total. The van der Waals surface area contributed by atoms with E-state index < -0.39 is 0 Å². The molecule has 0 atom stereocenters. The number of benzene rings is 1. The Bertz CT molecular complexity index is 392. The summed E-state index contributed by atoms with van der Waals surface area (Å²) in [6.45, 7) is 0.724. The zero-order valence-electron chi connectivity index (χ0n) is 11.6. The van der Waals surface area contributed by atoms with Crippen molar-refractivity contribution in [2.75, 3.05) is 25.2 Å². The number of methoxy groups -OCH3 is 1. The summed E-state index contributed by atoms with van der Waals surface area (Å²) in [5.74, 6) is 4.10. The van der Waals surface area contributed by atoms with E-state index in [0.717, 1.165) is 43.7 Å². The van der Waals surface area contributed by atoms with Gasteiger partial charge in [0.25, 0.3) is 0 Å². The second kappa shape index (κ2) is 7.65. The lowest BCUT2D eigenvalue weighted by Gasteiger charge is -2.24. The van der Waals surface area contributed by atoms with Crippen molar-refractivity contribution in [1.29, 1.82) is 0 Å². The first-order valence-electron chi connectivity index (χ1n) is 6.95. The highest BCUT2D eigenvalue weighted by Crippen LogP contribution is 2.31. The summed E-state index contributed by atoms with van der Waals surface area (Å²) in [5.41, 5.74) is 6.83. The topological polar surface area (TPSA) is 44.5 Å². The van der Waals surface area contributed by atoms with Gasteiger partial charge in [-0.25, -0.2) is 0 Å². The summed E-state index contributed by atoms with van der Waals surface area (Å²) >= 11 is 2.01. The van der Waals surface area contributed by atoms with E-state index in [0.29, 0.717) is 6.10 Å². The van der Waals surface area contributed by atoms with Crippen LogP contribution in [0.25, 0.3) is 0 Å². The second-order valence-corrected chi connectivity index (χ2v) is 6.03. The van der Waals surface area contributed by atoms with Gasteiger partial charge in [-0.1, -0.05) is 6.07 Å². The molecule has 3 nitrogen and oxygen atoms in total. The Morgan fingerprint density at radius 2 is 2.05 bits per heavy atom. The fraction of sp³-hybridized carbons (Fsp3) is 0.600. The quantitative estimate of drug-likeness (QED) is 0.871. The van der Waals surface area contributed by atoms with Crippen molar-refractivity contribution in [2.45, 2.75) is 31.8 Å². The van der Waals surface area contributed by atoms with Gasteiger partial charge in [0.2, 0.25) is 0 Å². The van der Waals surface area contributed by atoms with Crippen LogP contribution in [0.15, 0.2) is 18.2 Å². The molecule has 0 bridgehead atoms.